The molecular formula is C46H50FN9O8S. The standard InChI is InChI=1S/C46H50FN9O8S/c1-27(2)65(61,62)52-38-10-8-36(47)43(35(38)23-48)64-31-5-9-37-34(21-31)45(60)56(26-49-37)30-22-46(63-25-30)14-18-55(19-15-46)41(58)24-54-16-12-28(13-17-54)29-4-6-32-39(20-29)53(3)51-42(32)33-7-11-40(57)50-44(33)59/h4-6,8-10,20-21,26-28,30,33,52H,7,11-19,22,24-25H2,1-3H3,(H,50,57,59)/t30-,33?/m1/s1. The third-order valence-electron chi connectivity index (χ3n) is 13.6. The first kappa shape index (κ1) is 44.0. The lowest BCUT2D eigenvalue weighted by Gasteiger charge is -2.40. The van der Waals surface area contributed by atoms with Gasteiger partial charge in [0.15, 0.2) is 11.6 Å². The molecule has 4 aliphatic rings. The molecule has 19 heteroatoms. The number of ether oxygens (including phenoxy) is 2. The molecule has 4 saturated heterocycles. The number of nitrogens with zero attached hydrogens (tertiary/aromatic N) is 7. The van der Waals surface area contributed by atoms with Crippen LogP contribution in [0.2, 0.25) is 0 Å². The number of carbonyl (C=O) groups excluding carboxylic acids is 3. The molecule has 4 fully saturated rings. The quantitative estimate of drug-likeness (QED) is 0.178. The maximum Gasteiger partial charge on any atom is 0.261 e. The molecule has 65 heavy (non-hydrogen) atoms. The van der Waals surface area contributed by atoms with Crippen molar-refractivity contribution >= 4 is 55.2 Å². The van der Waals surface area contributed by atoms with Crippen LogP contribution in [-0.4, -0.2) is 105 Å². The molecule has 0 bridgehead atoms. The number of nitriles is 1. The minimum atomic E-state index is -3.85. The Bertz CT molecular complexity index is 2950. The summed E-state index contributed by atoms with van der Waals surface area (Å²) in [5, 5.41) is 17.3. The molecule has 0 radical (unpaired) electrons. The van der Waals surface area contributed by atoms with E-state index < -0.39 is 38.4 Å². The number of aromatic nitrogens is 4. The maximum atomic E-state index is 15.1. The van der Waals surface area contributed by atoms with Gasteiger partial charge in [0.2, 0.25) is 27.7 Å². The van der Waals surface area contributed by atoms with E-state index in [1.807, 2.05) is 28.8 Å². The van der Waals surface area contributed by atoms with E-state index in [0.29, 0.717) is 68.9 Å². The van der Waals surface area contributed by atoms with Gasteiger partial charge in [-0.15, -0.1) is 0 Å². The number of anilines is 1. The average molecular weight is 908 g/mol. The molecule has 5 aromatic rings. The van der Waals surface area contributed by atoms with Crippen LogP contribution >= 0.6 is 0 Å². The van der Waals surface area contributed by atoms with Crippen LogP contribution in [0.3, 0.4) is 0 Å². The minimum absolute atomic E-state index is 0.0556. The number of fused-ring (bicyclic) bond motifs is 2. The zero-order valence-corrected chi connectivity index (χ0v) is 37.2. The Hall–Kier alpha value is -6.23. The van der Waals surface area contributed by atoms with Crippen molar-refractivity contribution in [2.45, 2.75) is 87.5 Å². The summed E-state index contributed by atoms with van der Waals surface area (Å²) in [5.74, 6) is -1.90. The van der Waals surface area contributed by atoms with E-state index in [-0.39, 0.29) is 58.3 Å². The number of nitrogens with one attached hydrogen (secondary N) is 2. The number of halogens is 1. The maximum absolute atomic E-state index is 15.1. The smallest absolute Gasteiger partial charge is 0.261 e. The SMILES string of the molecule is CC(C)S(=O)(=O)Nc1ccc(F)c(Oc2ccc3ncn([C@H]4COC5(CCN(C(=O)CN6CCC(c7ccc8c(C9CCC(=O)NC9=O)nn(C)c8c7)CC6)CC5)C4)c(=O)c3c2)c1C#N. The number of benzene rings is 3. The molecule has 4 aliphatic heterocycles. The van der Waals surface area contributed by atoms with Crippen molar-refractivity contribution in [3.63, 3.8) is 0 Å². The van der Waals surface area contributed by atoms with Crippen LogP contribution < -0.4 is 20.3 Å². The van der Waals surface area contributed by atoms with Gasteiger partial charge in [0.05, 0.1) is 70.1 Å². The van der Waals surface area contributed by atoms with Gasteiger partial charge in [-0.05, 0) is 113 Å². The number of hydrogen-bond donors (Lipinski definition) is 2. The molecule has 3 amide bonds. The number of carbonyl (C=O) groups is 3. The molecule has 2 aromatic heterocycles. The van der Waals surface area contributed by atoms with Crippen LogP contribution in [0.25, 0.3) is 21.8 Å². The van der Waals surface area contributed by atoms with Crippen LogP contribution in [-0.2, 0) is 36.2 Å². The first-order valence-corrected chi connectivity index (χ1v) is 23.5. The van der Waals surface area contributed by atoms with Gasteiger partial charge in [0, 0.05) is 31.9 Å². The highest BCUT2D eigenvalue weighted by Crippen LogP contribution is 2.41. The first-order chi connectivity index (χ1) is 31.1. The zero-order chi connectivity index (χ0) is 45.8. The summed E-state index contributed by atoms with van der Waals surface area (Å²) >= 11 is 0. The number of hydrogen-bond acceptors (Lipinski definition) is 12. The van der Waals surface area contributed by atoms with Crippen molar-refractivity contribution in [3.8, 4) is 17.6 Å². The van der Waals surface area contributed by atoms with Crippen molar-refractivity contribution in [2.24, 2.45) is 7.05 Å². The molecule has 0 saturated carbocycles. The van der Waals surface area contributed by atoms with Gasteiger partial charge >= 0.3 is 0 Å². The Morgan fingerprint density at radius 1 is 1.05 bits per heavy atom. The summed E-state index contributed by atoms with van der Waals surface area (Å²) in [6, 6.07) is 14.5. The summed E-state index contributed by atoms with van der Waals surface area (Å²) in [7, 11) is -1.97. The molecule has 1 spiro atoms. The Labute approximate surface area is 374 Å². The van der Waals surface area contributed by atoms with Crippen molar-refractivity contribution in [3.05, 3.63) is 87.9 Å². The third kappa shape index (κ3) is 8.57. The number of likely N-dealkylation sites (tertiary alicyclic amines) is 2. The molecule has 3 aromatic carbocycles. The van der Waals surface area contributed by atoms with E-state index in [1.165, 1.54) is 42.4 Å². The molecular weight excluding hydrogens is 858 g/mol. The topological polar surface area (TPSA) is 211 Å². The fraction of sp³-hybridized carbons (Fsp3) is 0.457. The van der Waals surface area contributed by atoms with Crippen molar-refractivity contribution in [1.29, 1.82) is 5.26 Å². The highest BCUT2D eigenvalue weighted by Gasteiger charge is 2.44. The van der Waals surface area contributed by atoms with E-state index in [4.69, 9.17) is 9.47 Å². The predicted molar refractivity (Wildman–Crippen MR) is 237 cm³/mol. The number of imide groups is 1. The summed E-state index contributed by atoms with van der Waals surface area (Å²) in [6.07, 6.45) is 5.88. The summed E-state index contributed by atoms with van der Waals surface area (Å²) < 4.78 is 58.1. The van der Waals surface area contributed by atoms with Crippen LogP contribution in [0.5, 0.6) is 11.5 Å². The van der Waals surface area contributed by atoms with E-state index in [0.717, 1.165) is 49.0 Å². The number of sulfonamides is 1. The Morgan fingerprint density at radius 2 is 1.82 bits per heavy atom. The van der Waals surface area contributed by atoms with Crippen LogP contribution in [0.15, 0.2) is 59.7 Å². The highest BCUT2D eigenvalue weighted by atomic mass is 32.2. The average Bonchev–Trinajstić information content (AvgIpc) is 3.85. The van der Waals surface area contributed by atoms with Crippen LogP contribution in [0.4, 0.5) is 10.1 Å². The van der Waals surface area contributed by atoms with E-state index in [2.05, 4.69) is 37.2 Å². The van der Waals surface area contributed by atoms with E-state index in [1.54, 1.807) is 6.07 Å². The van der Waals surface area contributed by atoms with Crippen molar-refractivity contribution in [2.75, 3.05) is 44.1 Å². The van der Waals surface area contributed by atoms with Crippen LogP contribution in [0, 0.1) is 17.1 Å². The lowest BCUT2D eigenvalue weighted by Crippen LogP contribution is -2.50. The van der Waals surface area contributed by atoms with Crippen LogP contribution in [0.1, 0.15) is 93.5 Å². The second-order valence-corrected chi connectivity index (χ2v) is 20.2. The molecule has 9 rings (SSSR count). The summed E-state index contributed by atoms with van der Waals surface area (Å²) in [4.78, 5) is 60.5. The van der Waals surface area contributed by atoms with Gasteiger partial charge in [-0.3, -0.25) is 43.4 Å². The highest BCUT2D eigenvalue weighted by molar-refractivity contribution is 7.93. The van der Waals surface area contributed by atoms with Gasteiger partial charge in [-0.25, -0.2) is 17.8 Å². The fourth-order valence-electron chi connectivity index (χ4n) is 9.68. The Kier molecular flexibility index (Phi) is 11.7. The molecule has 17 nitrogen and oxygen atoms in total. The molecule has 6 heterocycles. The molecule has 2 atom stereocenters. The number of rotatable bonds is 10. The second-order valence-electron chi connectivity index (χ2n) is 17.9. The lowest BCUT2D eigenvalue weighted by molar-refractivity contribution is -0.137. The third-order valence-corrected chi connectivity index (χ3v) is 15.3. The number of aryl methyl sites for hydroxylation is 1. The van der Waals surface area contributed by atoms with Gasteiger partial charge in [0.1, 0.15) is 17.4 Å². The van der Waals surface area contributed by atoms with Crippen molar-refractivity contribution < 1.29 is 36.7 Å². The molecule has 0 aliphatic carbocycles. The van der Waals surface area contributed by atoms with Crippen molar-refractivity contribution in [1.82, 2.24) is 34.4 Å². The molecule has 340 valence electrons. The van der Waals surface area contributed by atoms with Gasteiger partial charge in [-0.1, -0.05) is 12.1 Å². The zero-order valence-electron chi connectivity index (χ0n) is 36.4. The molecule has 2 N–H and O–H groups in total. The largest absolute Gasteiger partial charge is 0.453 e. The predicted octanol–water partition coefficient (Wildman–Crippen LogP) is 4.96. The van der Waals surface area contributed by atoms with Gasteiger partial charge < -0.3 is 14.4 Å². The van der Waals surface area contributed by atoms with Gasteiger partial charge in [0.25, 0.3) is 5.56 Å². The van der Waals surface area contributed by atoms with E-state index >= 15 is 4.39 Å². The normalized spacial score (nSPS) is 20.7. The number of piperidine rings is 3. The Morgan fingerprint density at radius 3 is 2.54 bits per heavy atom. The summed E-state index contributed by atoms with van der Waals surface area (Å²) in [5.41, 5.74) is 1.92. The summed E-state index contributed by atoms with van der Waals surface area (Å²) in [6.45, 7) is 6.24. The molecule has 1 unspecified atom stereocenters. The Balaban J connectivity index is 0.794. The fourth-order valence-corrected chi connectivity index (χ4v) is 10.4. The number of amides is 3. The minimum Gasteiger partial charge on any atom is -0.453 e. The monoisotopic (exact) mass is 907 g/mol. The van der Waals surface area contributed by atoms with E-state index in [9.17, 15) is 32.9 Å². The first-order valence-electron chi connectivity index (χ1n) is 22.0. The van der Waals surface area contributed by atoms with Gasteiger partial charge in [-0.2, -0.15) is 10.4 Å². The second kappa shape index (κ2) is 17.3. The lowest BCUT2D eigenvalue weighted by atomic mass is 9.87.